The molecule has 1 N–H and O–H groups in total. The molecule has 0 aliphatic heterocycles. The molecule has 28 heavy (non-hydrogen) atoms. The van der Waals surface area contributed by atoms with Crippen LogP contribution in [-0.4, -0.2) is 16.2 Å². The van der Waals surface area contributed by atoms with Crippen molar-refractivity contribution < 1.29 is 0 Å². The van der Waals surface area contributed by atoms with Crippen molar-refractivity contribution >= 4 is 12.2 Å². The molecule has 0 fully saturated rings. The highest BCUT2D eigenvalue weighted by atomic mass is 15.3. The van der Waals surface area contributed by atoms with Crippen molar-refractivity contribution in [1.29, 1.82) is 0 Å². The first-order valence-electron chi connectivity index (χ1n) is 9.13. The Balaban J connectivity index is 1.69. The van der Waals surface area contributed by atoms with Gasteiger partial charge in [0.15, 0.2) is 0 Å². The summed E-state index contributed by atoms with van der Waals surface area (Å²) in [6, 6.07) is 30.3. The number of hydrogen-bond donors (Lipinski definition) is 1. The van der Waals surface area contributed by atoms with Gasteiger partial charge in [0.2, 0.25) is 5.95 Å². The van der Waals surface area contributed by atoms with Gasteiger partial charge in [-0.1, -0.05) is 90.5 Å². The molecule has 0 spiro atoms. The zero-order chi connectivity index (χ0) is 19.2. The Labute approximate surface area is 164 Å². The standard InChI is InChI=1S/C24H20N4/c1-18-12-14-21(15-13-18)23-16-22(20-10-6-3-7-11-20)26-24(27-23)28-25-17-19-8-4-2-5-9-19/h2-17H,1H3,(H,26,27,28). The molecule has 136 valence electrons. The van der Waals surface area contributed by atoms with Gasteiger partial charge in [0.1, 0.15) is 0 Å². The third kappa shape index (κ3) is 4.30. The molecular weight excluding hydrogens is 344 g/mol. The van der Waals surface area contributed by atoms with Crippen LogP contribution in [0.5, 0.6) is 0 Å². The second-order valence-electron chi connectivity index (χ2n) is 6.47. The predicted octanol–water partition coefficient (Wildman–Crippen LogP) is 5.57. The van der Waals surface area contributed by atoms with Crippen LogP contribution in [0.2, 0.25) is 0 Å². The molecule has 4 heteroatoms. The van der Waals surface area contributed by atoms with E-state index in [0.29, 0.717) is 5.95 Å². The minimum absolute atomic E-state index is 0.462. The minimum atomic E-state index is 0.462. The van der Waals surface area contributed by atoms with Gasteiger partial charge in [-0.15, -0.1) is 0 Å². The van der Waals surface area contributed by atoms with E-state index in [1.165, 1.54) is 5.56 Å². The van der Waals surface area contributed by atoms with E-state index < -0.39 is 0 Å². The maximum absolute atomic E-state index is 4.65. The number of hydrazone groups is 1. The largest absolute Gasteiger partial charge is 0.245 e. The van der Waals surface area contributed by atoms with Crippen LogP contribution in [0.15, 0.2) is 96.1 Å². The van der Waals surface area contributed by atoms with Crippen molar-refractivity contribution in [2.75, 3.05) is 5.43 Å². The lowest BCUT2D eigenvalue weighted by Gasteiger charge is -2.08. The third-order valence-corrected chi connectivity index (χ3v) is 4.32. The van der Waals surface area contributed by atoms with Crippen LogP contribution < -0.4 is 5.43 Å². The molecule has 0 aliphatic rings. The molecule has 0 aliphatic carbocycles. The van der Waals surface area contributed by atoms with E-state index in [9.17, 15) is 0 Å². The van der Waals surface area contributed by atoms with Crippen LogP contribution >= 0.6 is 0 Å². The van der Waals surface area contributed by atoms with Gasteiger partial charge in [0.05, 0.1) is 17.6 Å². The van der Waals surface area contributed by atoms with Crippen LogP contribution in [0.1, 0.15) is 11.1 Å². The number of benzene rings is 3. The van der Waals surface area contributed by atoms with Gasteiger partial charge < -0.3 is 0 Å². The summed E-state index contributed by atoms with van der Waals surface area (Å²) in [5.41, 5.74) is 8.98. The highest BCUT2D eigenvalue weighted by Gasteiger charge is 2.08. The fourth-order valence-corrected chi connectivity index (χ4v) is 2.83. The van der Waals surface area contributed by atoms with E-state index in [-0.39, 0.29) is 0 Å². The Hall–Kier alpha value is -3.79. The summed E-state index contributed by atoms with van der Waals surface area (Å²) in [4.78, 5) is 9.30. The summed E-state index contributed by atoms with van der Waals surface area (Å²) in [6.45, 7) is 2.07. The number of aryl methyl sites for hydroxylation is 1. The van der Waals surface area contributed by atoms with Crippen LogP contribution in [0.25, 0.3) is 22.5 Å². The molecule has 1 heterocycles. The van der Waals surface area contributed by atoms with Gasteiger partial charge in [-0.3, -0.25) is 0 Å². The van der Waals surface area contributed by atoms with E-state index in [0.717, 1.165) is 28.1 Å². The first-order valence-corrected chi connectivity index (χ1v) is 9.13. The number of nitrogens with one attached hydrogen (secondary N) is 1. The maximum atomic E-state index is 4.65. The number of anilines is 1. The zero-order valence-corrected chi connectivity index (χ0v) is 15.6. The molecule has 3 aromatic carbocycles. The number of rotatable bonds is 5. The molecule has 4 aromatic rings. The normalized spacial score (nSPS) is 10.9. The highest BCUT2D eigenvalue weighted by molar-refractivity contribution is 5.80. The average molecular weight is 364 g/mol. The fourth-order valence-electron chi connectivity index (χ4n) is 2.83. The lowest BCUT2D eigenvalue weighted by atomic mass is 10.1. The fraction of sp³-hybridized carbons (Fsp3) is 0.0417. The first-order chi connectivity index (χ1) is 13.8. The zero-order valence-electron chi connectivity index (χ0n) is 15.6. The van der Waals surface area contributed by atoms with Crippen molar-refractivity contribution in [3.8, 4) is 22.5 Å². The van der Waals surface area contributed by atoms with E-state index in [1.807, 2.05) is 66.7 Å². The van der Waals surface area contributed by atoms with Gasteiger partial charge in [-0.2, -0.15) is 5.10 Å². The molecule has 0 unspecified atom stereocenters. The summed E-state index contributed by atoms with van der Waals surface area (Å²) >= 11 is 0. The Morgan fingerprint density at radius 1 is 0.714 bits per heavy atom. The quantitative estimate of drug-likeness (QED) is 0.372. The van der Waals surface area contributed by atoms with Crippen LogP contribution in [0.4, 0.5) is 5.95 Å². The smallest absolute Gasteiger partial charge is 0.244 e. The third-order valence-electron chi connectivity index (χ3n) is 4.32. The van der Waals surface area contributed by atoms with E-state index in [2.05, 4.69) is 51.7 Å². The van der Waals surface area contributed by atoms with E-state index >= 15 is 0 Å². The second-order valence-corrected chi connectivity index (χ2v) is 6.47. The van der Waals surface area contributed by atoms with Crippen molar-refractivity contribution in [3.05, 3.63) is 102 Å². The van der Waals surface area contributed by atoms with Gasteiger partial charge in [0, 0.05) is 11.1 Å². The lowest BCUT2D eigenvalue weighted by Crippen LogP contribution is -2.00. The average Bonchev–Trinajstić information content (AvgIpc) is 2.75. The molecule has 0 bridgehead atoms. The van der Waals surface area contributed by atoms with Crippen molar-refractivity contribution in [2.24, 2.45) is 5.10 Å². The summed E-state index contributed by atoms with van der Waals surface area (Å²) in [5.74, 6) is 0.462. The van der Waals surface area contributed by atoms with Gasteiger partial charge >= 0.3 is 0 Å². The number of nitrogens with zero attached hydrogens (tertiary/aromatic N) is 3. The first kappa shape index (κ1) is 17.6. The molecule has 1 aromatic heterocycles. The Bertz CT molecular complexity index is 1070. The topological polar surface area (TPSA) is 50.2 Å². The minimum Gasteiger partial charge on any atom is -0.245 e. The number of hydrogen-bond acceptors (Lipinski definition) is 4. The molecule has 4 nitrogen and oxygen atoms in total. The summed E-state index contributed by atoms with van der Waals surface area (Å²) in [6.07, 6.45) is 1.75. The Kier molecular flexibility index (Phi) is 5.20. The van der Waals surface area contributed by atoms with Crippen molar-refractivity contribution in [3.63, 3.8) is 0 Å². The molecule has 0 radical (unpaired) electrons. The van der Waals surface area contributed by atoms with Crippen LogP contribution in [0, 0.1) is 6.92 Å². The molecule has 0 amide bonds. The molecular formula is C24H20N4. The SMILES string of the molecule is Cc1ccc(-c2cc(-c3ccccc3)nc(NN=Cc3ccccc3)n2)cc1. The molecule has 0 saturated heterocycles. The van der Waals surface area contributed by atoms with Crippen molar-refractivity contribution in [2.45, 2.75) is 6.92 Å². The van der Waals surface area contributed by atoms with Gasteiger partial charge in [0.25, 0.3) is 0 Å². The van der Waals surface area contributed by atoms with Crippen molar-refractivity contribution in [1.82, 2.24) is 9.97 Å². The molecule has 4 rings (SSSR count). The maximum Gasteiger partial charge on any atom is 0.244 e. The predicted molar refractivity (Wildman–Crippen MR) is 115 cm³/mol. The van der Waals surface area contributed by atoms with Crippen LogP contribution in [0.3, 0.4) is 0 Å². The Morgan fingerprint density at radius 3 is 1.93 bits per heavy atom. The molecule has 0 saturated carbocycles. The number of aromatic nitrogens is 2. The molecule has 0 atom stereocenters. The van der Waals surface area contributed by atoms with Crippen LogP contribution in [-0.2, 0) is 0 Å². The summed E-state index contributed by atoms with van der Waals surface area (Å²) in [5, 5.41) is 4.30. The van der Waals surface area contributed by atoms with Gasteiger partial charge in [-0.05, 0) is 18.6 Å². The summed E-state index contributed by atoms with van der Waals surface area (Å²) < 4.78 is 0. The second kappa shape index (κ2) is 8.27. The Morgan fingerprint density at radius 2 is 1.29 bits per heavy atom. The lowest BCUT2D eigenvalue weighted by molar-refractivity contribution is 1.13. The monoisotopic (exact) mass is 364 g/mol. The van der Waals surface area contributed by atoms with Gasteiger partial charge in [-0.25, -0.2) is 15.4 Å². The highest BCUT2D eigenvalue weighted by Crippen LogP contribution is 2.25. The van der Waals surface area contributed by atoms with E-state index in [4.69, 9.17) is 0 Å². The van der Waals surface area contributed by atoms with E-state index in [1.54, 1.807) is 6.21 Å². The summed E-state index contributed by atoms with van der Waals surface area (Å²) in [7, 11) is 0.